The second-order valence-corrected chi connectivity index (χ2v) is 6.69. The molecule has 2 aliphatic rings. The molecule has 1 atom stereocenters. The fourth-order valence-electron chi connectivity index (χ4n) is 3.32. The summed E-state index contributed by atoms with van der Waals surface area (Å²) in [7, 11) is 1.77. The third-order valence-corrected chi connectivity index (χ3v) is 4.91. The summed E-state index contributed by atoms with van der Waals surface area (Å²) in [6.07, 6.45) is 4.99. The number of aromatic nitrogens is 1. The molecule has 1 aromatic heterocycles. The first kappa shape index (κ1) is 16.2. The van der Waals surface area contributed by atoms with Gasteiger partial charge < -0.3 is 14.6 Å². The molecule has 2 heterocycles. The Labute approximate surface area is 136 Å². The molecular weight excluding hydrogens is 294 g/mol. The summed E-state index contributed by atoms with van der Waals surface area (Å²) >= 11 is 0. The fourth-order valence-corrected chi connectivity index (χ4v) is 3.32. The van der Waals surface area contributed by atoms with Crippen molar-refractivity contribution >= 4 is 11.7 Å². The number of hydrogen-bond donors (Lipinski definition) is 1. The lowest BCUT2D eigenvalue weighted by atomic mass is 10.1. The van der Waals surface area contributed by atoms with Crippen molar-refractivity contribution in [2.45, 2.75) is 25.3 Å². The average molecular weight is 319 g/mol. The Morgan fingerprint density at radius 2 is 2.09 bits per heavy atom. The number of ketones is 1. The van der Waals surface area contributed by atoms with Gasteiger partial charge >= 0.3 is 0 Å². The van der Waals surface area contributed by atoms with Gasteiger partial charge in [-0.25, -0.2) is 0 Å². The molecule has 0 radical (unpaired) electrons. The maximum absolute atomic E-state index is 12.5. The molecule has 3 rings (SSSR count). The van der Waals surface area contributed by atoms with E-state index in [1.165, 1.54) is 12.8 Å². The van der Waals surface area contributed by atoms with Gasteiger partial charge in [-0.1, -0.05) is 0 Å². The first-order valence-electron chi connectivity index (χ1n) is 8.40. The van der Waals surface area contributed by atoms with Crippen molar-refractivity contribution in [2.24, 2.45) is 13.0 Å². The van der Waals surface area contributed by atoms with Gasteiger partial charge in [-0.2, -0.15) is 0 Å². The minimum Gasteiger partial charge on any atom is -0.396 e. The maximum Gasteiger partial charge on any atom is 0.296 e. The van der Waals surface area contributed by atoms with E-state index in [2.05, 4.69) is 4.90 Å². The van der Waals surface area contributed by atoms with E-state index in [-0.39, 0.29) is 12.6 Å². The van der Waals surface area contributed by atoms with Crippen molar-refractivity contribution in [1.29, 1.82) is 0 Å². The lowest BCUT2D eigenvalue weighted by Gasteiger charge is -2.41. The summed E-state index contributed by atoms with van der Waals surface area (Å²) in [5.74, 6) is -0.0971. The summed E-state index contributed by atoms with van der Waals surface area (Å²) in [5.41, 5.74) is 0.425. The molecule has 0 aromatic carbocycles. The molecular formula is C17H25N3O3. The highest BCUT2D eigenvalue weighted by atomic mass is 16.3. The minimum atomic E-state index is -0.448. The highest BCUT2D eigenvalue weighted by molar-refractivity contribution is 6.42. The first-order valence-corrected chi connectivity index (χ1v) is 8.40. The average Bonchev–Trinajstić information content (AvgIpc) is 3.26. The quantitative estimate of drug-likeness (QED) is 0.613. The highest BCUT2D eigenvalue weighted by Gasteiger charge is 2.35. The Balaban J connectivity index is 1.65. The van der Waals surface area contributed by atoms with Crippen molar-refractivity contribution in [3.63, 3.8) is 0 Å². The van der Waals surface area contributed by atoms with E-state index in [4.69, 9.17) is 0 Å². The van der Waals surface area contributed by atoms with Crippen LogP contribution in [-0.4, -0.2) is 70.0 Å². The molecule has 1 aromatic rings. The Morgan fingerprint density at radius 1 is 1.30 bits per heavy atom. The maximum atomic E-state index is 12.5. The van der Waals surface area contributed by atoms with Crippen molar-refractivity contribution in [3.05, 3.63) is 24.0 Å². The number of piperazine rings is 1. The number of carbonyl (C=O) groups excluding carboxylic acids is 2. The minimum absolute atomic E-state index is 0.111. The van der Waals surface area contributed by atoms with Gasteiger partial charge in [-0.05, 0) is 37.3 Å². The van der Waals surface area contributed by atoms with E-state index in [9.17, 15) is 14.7 Å². The van der Waals surface area contributed by atoms with Crippen LogP contribution in [-0.2, 0) is 11.8 Å². The molecule has 6 heteroatoms. The predicted molar refractivity (Wildman–Crippen MR) is 86.1 cm³/mol. The van der Waals surface area contributed by atoms with Crippen LogP contribution in [0.1, 0.15) is 29.8 Å². The third-order valence-electron chi connectivity index (χ3n) is 4.91. The number of rotatable bonds is 6. The summed E-state index contributed by atoms with van der Waals surface area (Å²) in [6.45, 7) is 3.07. The zero-order chi connectivity index (χ0) is 16.4. The summed E-state index contributed by atoms with van der Waals surface area (Å²) in [5, 5.41) is 9.31. The van der Waals surface area contributed by atoms with E-state index >= 15 is 0 Å². The van der Waals surface area contributed by atoms with Gasteiger partial charge in [-0.15, -0.1) is 0 Å². The number of aliphatic hydroxyl groups excluding tert-OH is 1. The molecule has 1 saturated heterocycles. The van der Waals surface area contributed by atoms with Gasteiger partial charge in [0.15, 0.2) is 0 Å². The van der Waals surface area contributed by atoms with Crippen LogP contribution in [0.4, 0.5) is 0 Å². The van der Waals surface area contributed by atoms with Gasteiger partial charge in [0.1, 0.15) is 0 Å². The van der Waals surface area contributed by atoms with Crippen LogP contribution in [0.2, 0.25) is 0 Å². The van der Waals surface area contributed by atoms with Crippen LogP contribution in [0.3, 0.4) is 0 Å². The Bertz CT molecular complexity index is 579. The molecule has 2 fully saturated rings. The smallest absolute Gasteiger partial charge is 0.296 e. The molecule has 1 aliphatic heterocycles. The number of amides is 1. The standard InChI is InChI=1S/C17H25N3O3/c1-18-7-2-3-15(18)16(22)17(23)20-9-8-19(11-13-4-5-13)14(12-20)6-10-21/h2-3,7,13-14,21H,4-6,8-12H2,1H3/t14-/m0/s1. The SMILES string of the molecule is Cn1cccc1C(=O)C(=O)N1CCN(CC2CC2)[C@@H](CCO)C1. The van der Waals surface area contributed by atoms with Crippen LogP contribution >= 0.6 is 0 Å². The molecule has 23 heavy (non-hydrogen) atoms. The van der Waals surface area contributed by atoms with E-state index in [1.54, 1.807) is 34.8 Å². The van der Waals surface area contributed by atoms with Gasteiger partial charge in [0, 0.05) is 52.1 Å². The van der Waals surface area contributed by atoms with E-state index in [0.29, 0.717) is 25.2 Å². The van der Waals surface area contributed by atoms with Crippen molar-refractivity contribution in [2.75, 3.05) is 32.8 Å². The molecule has 1 N–H and O–H groups in total. The fraction of sp³-hybridized carbons (Fsp3) is 0.647. The molecule has 6 nitrogen and oxygen atoms in total. The molecule has 0 unspecified atom stereocenters. The monoisotopic (exact) mass is 319 g/mol. The number of nitrogens with zero attached hydrogens (tertiary/aromatic N) is 3. The summed E-state index contributed by atoms with van der Waals surface area (Å²) in [4.78, 5) is 28.9. The summed E-state index contributed by atoms with van der Waals surface area (Å²) in [6, 6.07) is 3.59. The largest absolute Gasteiger partial charge is 0.396 e. The molecule has 0 spiro atoms. The topological polar surface area (TPSA) is 65.8 Å². The van der Waals surface area contributed by atoms with Crippen molar-refractivity contribution < 1.29 is 14.7 Å². The lowest BCUT2D eigenvalue weighted by Crippen LogP contribution is -2.56. The second-order valence-electron chi connectivity index (χ2n) is 6.69. The number of hydrogen-bond acceptors (Lipinski definition) is 4. The lowest BCUT2D eigenvalue weighted by molar-refractivity contribution is -0.129. The van der Waals surface area contributed by atoms with Gasteiger partial charge in [0.25, 0.3) is 11.7 Å². The normalized spacial score (nSPS) is 22.3. The summed E-state index contributed by atoms with van der Waals surface area (Å²) < 4.78 is 1.68. The Kier molecular flexibility index (Phi) is 4.82. The highest BCUT2D eigenvalue weighted by Crippen LogP contribution is 2.31. The van der Waals surface area contributed by atoms with Crippen LogP contribution in [0, 0.1) is 5.92 Å². The van der Waals surface area contributed by atoms with Crippen LogP contribution in [0.15, 0.2) is 18.3 Å². The first-order chi connectivity index (χ1) is 11.1. The van der Waals surface area contributed by atoms with Crippen molar-refractivity contribution in [3.8, 4) is 0 Å². The zero-order valence-electron chi connectivity index (χ0n) is 13.6. The molecule has 0 bridgehead atoms. The molecule has 1 aliphatic carbocycles. The molecule has 1 amide bonds. The Morgan fingerprint density at radius 3 is 2.70 bits per heavy atom. The molecule has 126 valence electrons. The third kappa shape index (κ3) is 3.64. The van der Waals surface area contributed by atoms with Crippen LogP contribution in [0.5, 0.6) is 0 Å². The van der Waals surface area contributed by atoms with Crippen molar-refractivity contribution in [1.82, 2.24) is 14.4 Å². The van der Waals surface area contributed by atoms with Gasteiger partial charge in [0.2, 0.25) is 0 Å². The van der Waals surface area contributed by atoms with Gasteiger partial charge in [-0.3, -0.25) is 14.5 Å². The van der Waals surface area contributed by atoms with E-state index in [0.717, 1.165) is 19.0 Å². The van der Waals surface area contributed by atoms with E-state index < -0.39 is 11.7 Å². The molecule has 1 saturated carbocycles. The zero-order valence-corrected chi connectivity index (χ0v) is 13.6. The number of aliphatic hydroxyl groups is 1. The Hall–Kier alpha value is -1.66. The second kappa shape index (κ2) is 6.84. The van der Waals surface area contributed by atoms with E-state index in [1.807, 2.05) is 0 Å². The number of carbonyl (C=O) groups is 2. The number of Topliss-reactive ketones (excluding diaryl/α,β-unsaturated/α-hetero) is 1. The number of aryl methyl sites for hydroxylation is 1. The van der Waals surface area contributed by atoms with Gasteiger partial charge in [0.05, 0.1) is 5.69 Å². The predicted octanol–water partition coefficient (Wildman–Crippen LogP) is 0.513. The van der Waals surface area contributed by atoms with Crippen LogP contribution in [0.25, 0.3) is 0 Å². The van der Waals surface area contributed by atoms with Crippen LogP contribution < -0.4 is 0 Å².